The van der Waals surface area contributed by atoms with Crippen molar-refractivity contribution in [1.29, 1.82) is 5.26 Å². The van der Waals surface area contributed by atoms with E-state index in [0.29, 0.717) is 5.92 Å². The smallest absolute Gasteiger partial charge is 0.109 e. The fourth-order valence-corrected chi connectivity index (χ4v) is 3.69. The van der Waals surface area contributed by atoms with Crippen molar-refractivity contribution in [2.45, 2.75) is 44.7 Å². The number of hydrogen-bond acceptors (Lipinski definition) is 3. The van der Waals surface area contributed by atoms with Gasteiger partial charge < -0.3 is 4.57 Å². The minimum absolute atomic E-state index is 0.314. The molecular weight excluding hydrogens is 260 g/mol. The second kappa shape index (κ2) is 5.87. The lowest BCUT2D eigenvalue weighted by Crippen LogP contribution is -2.47. The monoisotopic (exact) mass is 282 g/mol. The van der Waals surface area contributed by atoms with Gasteiger partial charge in [0, 0.05) is 6.54 Å². The summed E-state index contributed by atoms with van der Waals surface area (Å²) in [6.07, 6.45) is 6.22. The maximum Gasteiger partial charge on any atom is 0.109 e. The van der Waals surface area contributed by atoms with Crippen LogP contribution in [0.1, 0.15) is 32.6 Å². The predicted molar refractivity (Wildman–Crippen MR) is 83.7 cm³/mol. The molecule has 1 aliphatic rings. The number of aromatic nitrogens is 2. The summed E-state index contributed by atoms with van der Waals surface area (Å²) in [5.41, 5.74) is 1.91. The topological polar surface area (TPSA) is 53.6 Å². The van der Waals surface area contributed by atoms with Crippen LogP contribution in [0.2, 0.25) is 0 Å². The molecule has 4 nitrogen and oxygen atoms in total. The molecule has 1 aromatic heterocycles. The second-order valence-electron chi connectivity index (χ2n) is 5.92. The minimum atomic E-state index is -0.314. The molecule has 4 heteroatoms. The van der Waals surface area contributed by atoms with Gasteiger partial charge in [0.1, 0.15) is 5.54 Å². The summed E-state index contributed by atoms with van der Waals surface area (Å²) in [6.45, 7) is 3.87. The number of aryl methyl sites for hydroxylation is 1. The van der Waals surface area contributed by atoms with Gasteiger partial charge in [-0.3, -0.25) is 5.32 Å². The van der Waals surface area contributed by atoms with Gasteiger partial charge in [-0.1, -0.05) is 25.5 Å². The number of nitriles is 1. The number of nitrogens with zero attached hydrogens (tertiary/aromatic N) is 3. The summed E-state index contributed by atoms with van der Waals surface area (Å²) >= 11 is 0. The maximum absolute atomic E-state index is 9.62. The van der Waals surface area contributed by atoms with E-state index in [9.17, 15) is 5.26 Å². The molecule has 2 atom stereocenters. The molecule has 1 saturated carbocycles. The van der Waals surface area contributed by atoms with Crippen LogP contribution >= 0.6 is 0 Å². The summed E-state index contributed by atoms with van der Waals surface area (Å²) in [5.74, 6) is 0.434. The second-order valence-corrected chi connectivity index (χ2v) is 5.92. The normalized spacial score (nSPS) is 25.2. The Morgan fingerprint density at radius 2 is 2.33 bits per heavy atom. The Morgan fingerprint density at radius 3 is 3.14 bits per heavy atom. The molecule has 0 aliphatic heterocycles. The van der Waals surface area contributed by atoms with Crippen LogP contribution in [-0.2, 0) is 6.54 Å². The molecule has 3 rings (SSSR count). The molecule has 1 heterocycles. The van der Waals surface area contributed by atoms with Crippen molar-refractivity contribution in [3.8, 4) is 6.07 Å². The van der Waals surface area contributed by atoms with E-state index < -0.39 is 0 Å². The van der Waals surface area contributed by atoms with Gasteiger partial charge in [-0.2, -0.15) is 5.26 Å². The largest absolute Gasteiger partial charge is 0.331 e. The first-order valence-corrected chi connectivity index (χ1v) is 7.85. The average Bonchev–Trinajstić information content (AvgIpc) is 3.10. The third-order valence-corrected chi connectivity index (χ3v) is 4.76. The van der Waals surface area contributed by atoms with Crippen molar-refractivity contribution in [2.24, 2.45) is 5.92 Å². The highest BCUT2D eigenvalue weighted by Crippen LogP contribution is 2.38. The summed E-state index contributed by atoms with van der Waals surface area (Å²) in [7, 11) is 0. The number of nitrogens with one attached hydrogen (secondary N) is 1. The summed E-state index contributed by atoms with van der Waals surface area (Å²) < 4.78 is 2.21. The number of imidazole rings is 1. The van der Waals surface area contributed by atoms with Crippen LogP contribution in [-0.4, -0.2) is 21.6 Å². The molecular formula is C17H22N4. The predicted octanol–water partition coefficient (Wildman–Crippen LogP) is 3.10. The van der Waals surface area contributed by atoms with E-state index in [1.807, 2.05) is 24.5 Å². The van der Waals surface area contributed by atoms with Gasteiger partial charge >= 0.3 is 0 Å². The highest BCUT2D eigenvalue weighted by Gasteiger charge is 2.42. The highest BCUT2D eigenvalue weighted by atomic mass is 15.0. The molecule has 1 aromatic carbocycles. The molecule has 1 aliphatic carbocycles. The number of fused-ring (bicyclic) bond motifs is 1. The molecule has 1 N–H and O–H groups in total. The van der Waals surface area contributed by atoms with Gasteiger partial charge in [0.25, 0.3) is 0 Å². The van der Waals surface area contributed by atoms with Gasteiger partial charge in [0.05, 0.1) is 23.4 Å². The summed E-state index contributed by atoms with van der Waals surface area (Å²) in [6, 6.07) is 10.8. The van der Waals surface area contributed by atoms with Crippen molar-refractivity contribution in [2.75, 3.05) is 6.54 Å². The van der Waals surface area contributed by atoms with Crippen LogP contribution < -0.4 is 5.32 Å². The first-order chi connectivity index (χ1) is 10.3. The molecule has 0 radical (unpaired) electrons. The number of benzene rings is 1. The third kappa shape index (κ3) is 2.54. The average molecular weight is 282 g/mol. The van der Waals surface area contributed by atoms with Crippen LogP contribution in [0.5, 0.6) is 0 Å². The Balaban J connectivity index is 1.74. The van der Waals surface area contributed by atoms with Crippen molar-refractivity contribution in [3.63, 3.8) is 0 Å². The van der Waals surface area contributed by atoms with Crippen LogP contribution in [0.3, 0.4) is 0 Å². The Morgan fingerprint density at radius 1 is 1.48 bits per heavy atom. The van der Waals surface area contributed by atoms with Crippen molar-refractivity contribution in [3.05, 3.63) is 30.6 Å². The van der Waals surface area contributed by atoms with Crippen molar-refractivity contribution < 1.29 is 0 Å². The zero-order valence-electron chi connectivity index (χ0n) is 12.5. The molecule has 21 heavy (non-hydrogen) atoms. The van der Waals surface area contributed by atoms with E-state index in [1.165, 1.54) is 5.52 Å². The molecule has 110 valence electrons. The molecule has 2 unspecified atom stereocenters. The van der Waals surface area contributed by atoms with E-state index >= 15 is 0 Å². The number of para-hydroxylation sites is 2. The molecule has 2 aromatic rings. The molecule has 0 bridgehead atoms. The van der Waals surface area contributed by atoms with E-state index in [2.05, 4.69) is 33.9 Å². The van der Waals surface area contributed by atoms with Gasteiger partial charge in [-0.05, 0) is 43.9 Å². The van der Waals surface area contributed by atoms with Crippen LogP contribution in [0.15, 0.2) is 30.6 Å². The lowest BCUT2D eigenvalue weighted by Gasteiger charge is -2.29. The van der Waals surface area contributed by atoms with Gasteiger partial charge in [0.2, 0.25) is 0 Å². The van der Waals surface area contributed by atoms with Gasteiger partial charge in [-0.15, -0.1) is 0 Å². The molecule has 0 amide bonds. The Kier molecular flexibility index (Phi) is 3.94. The fourth-order valence-electron chi connectivity index (χ4n) is 3.69. The first-order valence-electron chi connectivity index (χ1n) is 7.85. The highest BCUT2D eigenvalue weighted by molar-refractivity contribution is 5.74. The first kappa shape index (κ1) is 14.1. The van der Waals surface area contributed by atoms with E-state index in [0.717, 1.165) is 44.3 Å². The number of hydrogen-bond donors (Lipinski definition) is 1. The van der Waals surface area contributed by atoms with Gasteiger partial charge in [-0.25, -0.2) is 4.98 Å². The van der Waals surface area contributed by atoms with Crippen LogP contribution in [0, 0.1) is 17.2 Å². The Labute approximate surface area is 125 Å². The lowest BCUT2D eigenvalue weighted by molar-refractivity contribution is 0.296. The van der Waals surface area contributed by atoms with Crippen molar-refractivity contribution in [1.82, 2.24) is 14.9 Å². The molecule has 0 saturated heterocycles. The zero-order chi connectivity index (χ0) is 14.7. The standard InChI is InChI=1S/C17H22N4/c1-2-20-17(12-18)10-5-6-14(17)9-11-21-13-19-15-7-3-4-8-16(15)21/h3-4,7-8,13-14,20H,2,5-6,9-11H2,1H3. The molecule has 1 fully saturated rings. The third-order valence-electron chi connectivity index (χ3n) is 4.76. The van der Waals surface area contributed by atoms with E-state index in [1.54, 1.807) is 0 Å². The SMILES string of the molecule is CCNC1(C#N)CCCC1CCn1cnc2ccccc21. The Bertz CT molecular complexity index is 654. The van der Waals surface area contributed by atoms with E-state index in [-0.39, 0.29) is 5.54 Å². The van der Waals surface area contributed by atoms with Crippen LogP contribution in [0.25, 0.3) is 11.0 Å². The summed E-state index contributed by atoms with van der Waals surface area (Å²) in [4.78, 5) is 4.44. The van der Waals surface area contributed by atoms with E-state index in [4.69, 9.17) is 0 Å². The summed E-state index contributed by atoms with van der Waals surface area (Å²) in [5, 5.41) is 13.1. The lowest BCUT2D eigenvalue weighted by atomic mass is 9.86. The molecule has 0 spiro atoms. The number of rotatable bonds is 5. The quantitative estimate of drug-likeness (QED) is 0.916. The Hall–Kier alpha value is -1.86. The van der Waals surface area contributed by atoms with Gasteiger partial charge in [0.15, 0.2) is 0 Å². The maximum atomic E-state index is 9.62. The fraction of sp³-hybridized carbons (Fsp3) is 0.529. The van der Waals surface area contributed by atoms with Crippen LogP contribution in [0.4, 0.5) is 0 Å². The van der Waals surface area contributed by atoms with Crippen molar-refractivity contribution >= 4 is 11.0 Å². The minimum Gasteiger partial charge on any atom is -0.331 e. The zero-order valence-corrected chi connectivity index (χ0v) is 12.5.